The first-order valence-electron chi connectivity index (χ1n) is 14.7. The Hall–Kier alpha value is -4.16. The molecule has 4 aromatic rings. The zero-order valence-corrected chi connectivity index (χ0v) is 25.2. The van der Waals surface area contributed by atoms with E-state index >= 15 is 0 Å². The van der Waals surface area contributed by atoms with E-state index in [1.165, 1.54) is 5.56 Å². The summed E-state index contributed by atoms with van der Waals surface area (Å²) in [5, 5.41) is 11.7. The smallest absolute Gasteiger partial charge is 0.257 e. The van der Waals surface area contributed by atoms with E-state index in [2.05, 4.69) is 29.3 Å². The van der Waals surface area contributed by atoms with Crippen molar-refractivity contribution >= 4 is 5.91 Å². The molecule has 0 bridgehead atoms. The molecule has 0 saturated carbocycles. The van der Waals surface area contributed by atoms with Crippen LogP contribution in [-0.2, 0) is 29.2 Å². The van der Waals surface area contributed by atoms with Gasteiger partial charge in [-0.2, -0.15) is 0 Å². The Morgan fingerprint density at radius 1 is 0.761 bits per heavy atom. The van der Waals surface area contributed by atoms with Crippen molar-refractivity contribution in [3.05, 3.63) is 141 Å². The number of amides is 1. The van der Waals surface area contributed by atoms with Crippen molar-refractivity contribution in [2.24, 2.45) is 5.92 Å². The van der Waals surface area contributed by atoms with E-state index in [4.69, 9.17) is 9.47 Å². The Kier molecular flexibility index (Phi) is 10.5. The number of aliphatic hydroxyl groups excluding tert-OH is 1. The zero-order valence-electron chi connectivity index (χ0n) is 25.2. The van der Waals surface area contributed by atoms with Crippen LogP contribution in [0.1, 0.15) is 57.5 Å². The molecule has 0 radical (unpaired) electrons. The average molecular weight is 641 g/mol. The van der Waals surface area contributed by atoms with Gasteiger partial charge in [0.2, 0.25) is 5.82 Å². The number of ether oxygens (including phenoxy) is 2. The van der Waals surface area contributed by atoms with E-state index < -0.39 is 46.8 Å². The molecule has 1 saturated heterocycles. The predicted octanol–water partition coefficient (Wildman–Crippen LogP) is 6.73. The maximum absolute atomic E-state index is 14.1. The fourth-order valence-electron chi connectivity index (χ4n) is 5.46. The molecule has 1 aliphatic rings. The monoisotopic (exact) mass is 640 g/mol. The van der Waals surface area contributed by atoms with Crippen LogP contribution in [0, 0.1) is 35.0 Å². The maximum Gasteiger partial charge on any atom is 0.257 e. The summed E-state index contributed by atoms with van der Waals surface area (Å²) >= 11 is 0. The van der Waals surface area contributed by atoms with Crippen LogP contribution in [0.3, 0.4) is 0 Å². The van der Waals surface area contributed by atoms with E-state index in [9.17, 15) is 31.9 Å². The van der Waals surface area contributed by atoms with Crippen LogP contribution in [-0.4, -0.2) is 35.6 Å². The third-order valence-corrected chi connectivity index (χ3v) is 8.05. The fourth-order valence-corrected chi connectivity index (χ4v) is 5.46. The van der Waals surface area contributed by atoms with Gasteiger partial charge in [0, 0.05) is 31.1 Å². The molecule has 4 aromatic carbocycles. The molecule has 1 aliphatic heterocycles. The molecule has 46 heavy (non-hydrogen) atoms. The summed E-state index contributed by atoms with van der Waals surface area (Å²) in [6.07, 6.45) is -1.32. The van der Waals surface area contributed by atoms with Crippen molar-refractivity contribution in [2.75, 3.05) is 13.6 Å². The first-order valence-corrected chi connectivity index (χ1v) is 14.7. The Morgan fingerprint density at radius 3 is 1.93 bits per heavy atom. The number of aliphatic hydroxyl groups is 1. The van der Waals surface area contributed by atoms with Gasteiger partial charge in [0.05, 0.1) is 18.8 Å². The molecule has 0 aromatic heterocycles. The van der Waals surface area contributed by atoms with E-state index in [0.29, 0.717) is 17.7 Å². The Morgan fingerprint density at radius 2 is 1.33 bits per heavy atom. The molecule has 0 aliphatic carbocycles. The molecule has 5 rings (SSSR count). The number of nitrogens with zero attached hydrogens (tertiary/aromatic N) is 1. The molecule has 6 nitrogen and oxygen atoms in total. The quantitative estimate of drug-likeness (QED) is 0.114. The van der Waals surface area contributed by atoms with Crippen molar-refractivity contribution < 1.29 is 41.3 Å². The van der Waals surface area contributed by atoms with Gasteiger partial charge in [-0.3, -0.25) is 9.69 Å². The molecule has 2 N–H and O–H groups in total. The largest absolute Gasteiger partial charge is 0.392 e. The maximum atomic E-state index is 14.1. The molecule has 1 heterocycles. The number of hydrogen-bond acceptors (Lipinski definition) is 5. The number of rotatable bonds is 10. The Labute approximate surface area is 263 Å². The molecule has 1 amide bonds. The summed E-state index contributed by atoms with van der Waals surface area (Å²) in [7, 11) is 2.02. The van der Waals surface area contributed by atoms with Gasteiger partial charge < -0.3 is 19.9 Å². The number of carbonyl (C=O) groups excluding carboxylic acids is 1. The van der Waals surface area contributed by atoms with Crippen molar-refractivity contribution in [3.63, 3.8) is 0 Å². The van der Waals surface area contributed by atoms with Gasteiger partial charge in [0.15, 0.2) is 29.6 Å². The second-order valence-corrected chi connectivity index (χ2v) is 11.4. The number of nitrogens with one attached hydrogen (secondary N) is 1. The second kappa shape index (κ2) is 14.5. The first kappa shape index (κ1) is 33.2. The van der Waals surface area contributed by atoms with Crippen LogP contribution >= 0.6 is 0 Å². The number of carbonyl (C=O) groups is 1. The minimum Gasteiger partial charge on any atom is -0.392 e. The van der Waals surface area contributed by atoms with Gasteiger partial charge in [-0.25, -0.2) is 22.0 Å². The lowest BCUT2D eigenvalue weighted by molar-refractivity contribution is -0.276. The van der Waals surface area contributed by atoms with Crippen molar-refractivity contribution in [3.8, 4) is 0 Å². The van der Waals surface area contributed by atoms with E-state index in [-0.39, 0.29) is 31.3 Å². The summed E-state index contributed by atoms with van der Waals surface area (Å²) in [6, 6.07) is 24.3. The number of hydrogen-bond donors (Lipinski definition) is 2. The topological polar surface area (TPSA) is 71.0 Å². The normalized spacial score (nSPS) is 19.8. The molecule has 4 atom stereocenters. The first-order chi connectivity index (χ1) is 22.1. The summed E-state index contributed by atoms with van der Waals surface area (Å²) in [5.74, 6) is -12.6. The molecular formula is C35H33F5N2O4. The molecule has 0 spiro atoms. The highest BCUT2D eigenvalue weighted by molar-refractivity contribution is 5.94. The van der Waals surface area contributed by atoms with Crippen LogP contribution in [0.2, 0.25) is 0 Å². The van der Waals surface area contributed by atoms with Gasteiger partial charge in [-0.05, 0) is 29.3 Å². The van der Waals surface area contributed by atoms with Crippen molar-refractivity contribution in [2.45, 2.75) is 45.1 Å². The van der Waals surface area contributed by atoms with Crippen molar-refractivity contribution in [1.82, 2.24) is 10.2 Å². The van der Waals surface area contributed by atoms with Crippen LogP contribution in [0.5, 0.6) is 0 Å². The number of benzene rings is 4. The van der Waals surface area contributed by atoms with Gasteiger partial charge in [0.1, 0.15) is 5.56 Å². The number of halogens is 5. The molecule has 242 valence electrons. The van der Waals surface area contributed by atoms with Crippen LogP contribution < -0.4 is 5.32 Å². The third-order valence-electron chi connectivity index (χ3n) is 8.05. The van der Waals surface area contributed by atoms with Gasteiger partial charge >= 0.3 is 0 Å². The highest BCUT2D eigenvalue weighted by Gasteiger charge is 2.39. The average Bonchev–Trinajstić information content (AvgIpc) is 3.07. The highest BCUT2D eigenvalue weighted by atomic mass is 19.2. The number of likely N-dealkylation sites (N-methyl/N-ethyl adjacent to an activating group) is 1. The lowest BCUT2D eigenvalue weighted by Gasteiger charge is -2.42. The molecule has 11 heteroatoms. The summed E-state index contributed by atoms with van der Waals surface area (Å²) in [4.78, 5) is 14.5. The SMILES string of the molecule is CC1C(CN(C)Cc2ccccc2)OC(c2ccc(CNC(=O)c3c(F)c(F)c(F)c(F)c3F)cc2)OC1c1ccc(CO)cc1. The summed E-state index contributed by atoms with van der Waals surface area (Å²) < 4.78 is 81.5. The Balaban J connectivity index is 1.31. The van der Waals surface area contributed by atoms with E-state index in [1.807, 2.05) is 49.5 Å². The van der Waals surface area contributed by atoms with Crippen LogP contribution in [0.4, 0.5) is 22.0 Å². The molecular weight excluding hydrogens is 607 g/mol. The van der Waals surface area contributed by atoms with Crippen molar-refractivity contribution in [1.29, 1.82) is 0 Å². The minimum absolute atomic E-state index is 0.0362. The van der Waals surface area contributed by atoms with E-state index in [1.54, 1.807) is 24.3 Å². The minimum atomic E-state index is -2.34. The standard InChI is InChI=1S/C35H33F5N2O4/c1-20-26(18-42(2)17-22-6-4-3-5-7-22)45-35(46-33(20)24-12-10-23(19-43)11-13-24)25-14-8-21(9-15-25)16-41-34(44)27-28(36)30(38)32(40)31(39)29(27)37/h3-15,20,26,33,35,43H,16-19H2,1-2H3,(H,41,44). The van der Waals surface area contributed by atoms with Crippen LogP contribution in [0.15, 0.2) is 78.9 Å². The summed E-state index contributed by atoms with van der Waals surface area (Å²) in [6.45, 7) is 3.09. The fraction of sp³-hybridized carbons (Fsp3) is 0.286. The lowest BCUT2D eigenvalue weighted by Crippen LogP contribution is -2.43. The predicted molar refractivity (Wildman–Crippen MR) is 160 cm³/mol. The van der Waals surface area contributed by atoms with Gasteiger partial charge in [0.25, 0.3) is 5.91 Å². The second-order valence-electron chi connectivity index (χ2n) is 11.4. The highest BCUT2D eigenvalue weighted by Crippen LogP contribution is 2.42. The van der Waals surface area contributed by atoms with Gasteiger partial charge in [-0.1, -0.05) is 85.8 Å². The van der Waals surface area contributed by atoms with E-state index in [0.717, 1.165) is 17.7 Å². The third kappa shape index (κ3) is 7.28. The summed E-state index contributed by atoms with van der Waals surface area (Å²) in [5.41, 5.74) is 2.51. The lowest BCUT2D eigenvalue weighted by atomic mass is 9.90. The molecule has 4 unspecified atom stereocenters. The van der Waals surface area contributed by atoms with Gasteiger partial charge in [-0.15, -0.1) is 0 Å². The Bertz CT molecular complexity index is 1630. The zero-order chi connectivity index (χ0) is 33.0. The molecule has 1 fully saturated rings. The van der Waals surface area contributed by atoms with Crippen LogP contribution in [0.25, 0.3) is 0 Å².